The van der Waals surface area contributed by atoms with Crippen molar-refractivity contribution >= 4 is 5.82 Å². The molecule has 0 bridgehead atoms. The molecule has 0 saturated carbocycles. The highest BCUT2D eigenvalue weighted by atomic mass is 15.2. The molecule has 0 radical (unpaired) electrons. The molecule has 18 heavy (non-hydrogen) atoms. The first kappa shape index (κ1) is 12.0. The van der Waals surface area contributed by atoms with Crippen molar-refractivity contribution in [3.63, 3.8) is 0 Å². The van der Waals surface area contributed by atoms with Crippen LogP contribution in [0, 0.1) is 5.92 Å². The van der Waals surface area contributed by atoms with Crippen LogP contribution in [-0.2, 0) is 19.4 Å². The molecule has 2 N–H and O–H groups in total. The van der Waals surface area contributed by atoms with Crippen LogP contribution in [0.1, 0.15) is 43.0 Å². The van der Waals surface area contributed by atoms with Crippen LogP contribution in [0.3, 0.4) is 0 Å². The molecule has 0 aromatic carbocycles. The third-order valence-corrected chi connectivity index (χ3v) is 4.49. The molecule has 0 spiro atoms. The Balaban J connectivity index is 1.91. The maximum atomic E-state index is 5.91. The molecule has 2 heterocycles. The monoisotopic (exact) mass is 245 g/mol. The molecule has 0 amide bonds. The zero-order valence-electron chi connectivity index (χ0n) is 11.3. The molecule has 1 unspecified atom stereocenters. The first-order chi connectivity index (χ1) is 8.81. The van der Waals surface area contributed by atoms with Gasteiger partial charge in [0.05, 0.1) is 0 Å². The lowest BCUT2D eigenvalue weighted by molar-refractivity contribution is 0.568. The Kier molecular flexibility index (Phi) is 3.25. The molecule has 3 heteroatoms. The van der Waals surface area contributed by atoms with Crippen LogP contribution in [0.2, 0.25) is 0 Å². The summed E-state index contributed by atoms with van der Waals surface area (Å²) in [5, 5.41) is 0. The van der Waals surface area contributed by atoms with E-state index in [0.29, 0.717) is 6.54 Å². The van der Waals surface area contributed by atoms with Crippen LogP contribution in [0.5, 0.6) is 0 Å². The van der Waals surface area contributed by atoms with Gasteiger partial charge in [-0.25, -0.2) is 4.98 Å². The largest absolute Gasteiger partial charge is 0.356 e. The second-order valence-corrected chi connectivity index (χ2v) is 5.64. The van der Waals surface area contributed by atoms with Crippen LogP contribution in [0.15, 0.2) is 6.07 Å². The summed E-state index contributed by atoms with van der Waals surface area (Å²) in [6, 6.07) is 2.31. The summed E-state index contributed by atoms with van der Waals surface area (Å²) in [6.45, 7) is 5.21. The SMILES string of the molecule is CCC1CCN(c2nc3c(cc2CN)CCC3)C1. The highest BCUT2D eigenvalue weighted by Gasteiger charge is 2.25. The average Bonchev–Trinajstić information content (AvgIpc) is 3.05. The Hall–Kier alpha value is -1.09. The molecule has 3 rings (SSSR count). The summed E-state index contributed by atoms with van der Waals surface area (Å²) in [7, 11) is 0. The van der Waals surface area contributed by atoms with Crippen LogP contribution < -0.4 is 10.6 Å². The van der Waals surface area contributed by atoms with Gasteiger partial charge in [-0.1, -0.05) is 13.3 Å². The number of anilines is 1. The minimum atomic E-state index is 0.614. The summed E-state index contributed by atoms with van der Waals surface area (Å²) in [4.78, 5) is 7.37. The van der Waals surface area contributed by atoms with E-state index in [9.17, 15) is 0 Å². The summed E-state index contributed by atoms with van der Waals surface area (Å²) in [5.74, 6) is 2.01. The molecule has 98 valence electrons. The maximum absolute atomic E-state index is 5.91. The van der Waals surface area contributed by atoms with E-state index < -0.39 is 0 Å². The summed E-state index contributed by atoms with van der Waals surface area (Å²) in [6.07, 6.45) is 6.18. The number of aromatic nitrogens is 1. The molecule has 1 fully saturated rings. The molecular weight excluding hydrogens is 222 g/mol. The quantitative estimate of drug-likeness (QED) is 0.888. The molecule has 1 aromatic rings. The second kappa shape index (κ2) is 4.88. The van der Waals surface area contributed by atoms with Crippen molar-refractivity contribution < 1.29 is 0 Å². The smallest absolute Gasteiger partial charge is 0.133 e. The van der Waals surface area contributed by atoms with E-state index >= 15 is 0 Å². The number of hydrogen-bond donors (Lipinski definition) is 1. The highest BCUT2D eigenvalue weighted by Crippen LogP contribution is 2.31. The fraction of sp³-hybridized carbons (Fsp3) is 0.667. The lowest BCUT2D eigenvalue weighted by atomic mass is 10.1. The fourth-order valence-corrected chi connectivity index (χ4v) is 3.29. The Bertz CT molecular complexity index is 442. The van der Waals surface area contributed by atoms with E-state index in [1.54, 1.807) is 0 Å². The number of pyridine rings is 1. The molecular formula is C15H23N3. The van der Waals surface area contributed by atoms with Gasteiger partial charge in [-0.15, -0.1) is 0 Å². The van der Waals surface area contributed by atoms with Gasteiger partial charge in [0.2, 0.25) is 0 Å². The first-order valence-corrected chi connectivity index (χ1v) is 7.28. The Labute approximate surface area is 109 Å². The lowest BCUT2D eigenvalue weighted by Gasteiger charge is -2.21. The third kappa shape index (κ3) is 2.01. The van der Waals surface area contributed by atoms with Crippen molar-refractivity contribution in [2.24, 2.45) is 11.7 Å². The fourth-order valence-electron chi connectivity index (χ4n) is 3.29. The highest BCUT2D eigenvalue weighted by molar-refractivity contribution is 5.51. The van der Waals surface area contributed by atoms with E-state index in [0.717, 1.165) is 25.4 Å². The number of hydrogen-bond acceptors (Lipinski definition) is 3. The lowest BCUT2D eigenvalue weighted by Crippen LogP contribution is -2.23. The maximum Gasteiger partial charge on any atom is 0.133 e. The van der Waals surface area contributed by atoms with Gasteiger partial charge in [0.1, 0.15) is 5.82 Å². The van der Waals surface area contributed by atoms with E-state index in [1.807, 2.05) is 0 Å². The summed E-state index contributed by atoms with van der Waals surface area (Å²) < 4.78 is 0. The second-order valence-electron chi connectivity index (χ2n) is 5.64. The summed E-state index contributed by atoms with van der Waals surface area (Å²) in [5.41, 5.74) is 9.91. The van der Waals surface area contributed by atoms with Gasteiger partial charge in [0.15, 0.2) is 0 Å². The number of rotatable bonds is 3. The molecule has 1 saturated heterocycles. The average molecular weight is 245 g/mol. The van der Waals surface area contributed by atoms with E-state index in [-0.39, 0.29) is 0 Å². The van der Waals surface area contributed by atoms with Gasteiger partial charge in [0.25, 0.3) is 0 Å². The minimum Gasteiger partial charge on any atom is -0.356 e. The van der Waals surface area contributed by atoms with Gasteiger partial charge in [-0.05, 0) is 43.2 Å². The first-order valence-electron chi connectivity index (χ1n) is 7.28. The van der Waals surface area contributed by atoms with E-state index in [4.69, 9.17) is 10.7 Å². The minimum absolute atomic E-state index is 0.614. The molecule has 1 aliphatic heterocycles. The number of aryl methyl sites for hydroxylation is 2. The van der Waals surface area contributed by atoms with Crippen molar-refractivity contribution in [1.29, 1.82) is 0 Å². The van der Waals surface area contributed by atoms with Crippen molar-refractivity contribution in [2.45, 2.75) is 45.6 Å². The van der Waals surface area contributed by atoms with Crippen molar-refractivity contribution in [3.8, 4) is 0 Å². The Morgan fingerprint density at radius 3 is 3.06 bits per heavy atom. The Morgan fingerprint density at radius 1 is 1.44 bits per heavy atom. The van der Waals surface area contributed by atoms with E-state index in [2.05, 4.69) is 17.9 Å². The van der Waals surface area contributed by atoms with Gasteiger partial charge in [-0.3, -0.25) is 0 Å². The van der Waals surface area contributed by atoms with Crippen LogP contribution in [0.4, 0.5) is 5.82 Å². The van der Waals surface area contributed by atoms with Crippen molar-refractivity contribution in [2.75, 3.05) is 18.0 Å². The molecule has 1 atom stereocenters. The van der Waals surface area contributed by atoms with Crippen LogP contribution >= 0.6 is 0 Å². The third-order valence-electron chi connectivity index (χ3n) is 4.49. The number of fused-ring (bicyclic) bond motifs is 1. The normalized spacial score (nSPS) is 22.6. The standard InChI is InChI=1S/C15H23N3/c1-2-11-6-7-18(10-11)15-13(9-16)8-12-4-3-5-14(12)17-15/h8,11H,2-7,9-10,16H2,1H3. The number of nitrogens with two attached hydrogens (primary N) is 1. The predicted octanol–water partition coefficient (Wildman–Crippen LogP) is 2.27. The topological polar surface area (TPSA) is 42.2 Å². The van der Waals surface area contributed by atoms with Crippen LogP contribution in [-0.4, -0.2) is 18.1 Å². The number of nitrogens with zero attached hydrogens (tertiary/aromatic N) is 2. The van der Waals surface area contributed by atoms with Gasteiger partial charge >= 0.3 is 0 Å². The predicted molar refractivity (Wildman–Crippen MR) is 74.8 cm³/mol. The zero-order valence-corrected chi connectivity index (χ0v) is 11.3. The van der Waals surface area contributed by atoms with Gasteiger partial charge in [-0.2, -0.15) is 0 Å². The van der Waals surface area contributed by atoms with E-state index in [1.165, 1.54) is 48.3 Å². The van der Waals surface area contributed by atoms with Crippen molar-refractivity contribution in [1.82, 2.24) is 4.98 Å². The molecule has 3 nitrogen and oxygen atoms in total. The zero-order chi connectivity index (χ0) is 12.5. The van der Waals surface area contributed by atoms with Crippen LogP contribution in [0.25, 0.3) is 0 Å². The molecule has 1 aliphatic carbocycles. The Morgan fingerprint density at radius 2 is 2.33 bits per heavy atom. The van der Waals surface area contributed by atoms with Gasteiger partial charge < -0.3 is 10.6 Å². The molecule has 1 aromatic heterocycles. The molecule has 2 aliphatic rings. The van der Waals surface area contributed by atoms with Crippen molar-refractivity contribution in [3.05, 3.63) is 22.9 Å². The van der Waals surface area contributed by atoms with Gasteiger partial charge in [0, 0.05) is 30.9 Å². The summed E-state index contributed by atoms with van der Waals surface area (Å²) >= 11 is 0.